The van der Waals surface area contributed by atoms with E-state index in [4.69, 9.17) is 0 Å². The summed E-state index contributed by atoms with van der Waals surface area (Å²) in [6, 6.07) is 8.05. The van der Waals surface area contributed by atoms with Crippen LogP contribution in [0.3, 0.4) is 0 Å². The number of benzene rings is 1. The first kappa shape index (κ1) is 10.3. The Morgan fingerprint density at radius 1 is 0.938 bits per heavy atom. The summed E-state index contributed by atoms with van der Waals surface area (Å²) in [5.41, 5.74) is 2.21. The fraction of sp³-hybridized carbons (Fsp3) is 0.571. The summed E-state index contributed by atoms with van der Waals surface area (Å²) in [6.45, 7) is 0. The highest BCUT2D eigenvalue weighted by Gasteiger charge is 2.41. The maximum Gasteiger partial charge on any atom is 0.105 e. The summed E-state index contributed by atoms with van der Waals surface area (Å²) in [5, 5.41) is 20.3. The molecule has 1 aromatic carbocycles. The lowest BCUT2D eigenvalue weighted by atomic mass is 9.66. The van der Waals surface area contributed by atoms with Gasteiger partial charge in [0.25, 0.3) is 0 Å². The minimum Gasteiger partial charge on any atom is -0.390 e. The van der Waals surface area contributed by atoms with Crippen molar-refractivity contribution in [3.05, 3.63) is 35.4 Å². The van der Waals surface area contributed by atoms with E-state index in [1.54, 1.807) is 0 Å². The molecule has 0 amide bonds. The van der Waals surface area contributed by atoms with E-state index in [0.29, 0.717) is 5.92 Å². The molecule has 3 rings (SSSR count). The predicted molar refractivity (Wildman–Crippen MR) is 62.1 cm³/mol. The molecule has 0 radical (unpaired) electrons. The van der Waals surface area contributed by atoms with Crippen LogP contribution in [0, 0.1) is 5.92 Å². The Morgan fingerprint density at radius 3 is 2.44 bits per heavy atom. The molecule has 0 aliphatic heterocycles. The molecule has 4 unspecified atom stereocenters. The van der Waals surface area contributed by atoms with E-state index in [0.717, 1.165) is 18.4 Å². The summed E-state index contributed by atoms with van der Waals surface area (Å²) < 4.78 is 0. The summed E-state index contributed by atoms with van der Waals surface area (Å²) in [7, 11) is 0. The Balaban J connectivity index is 2.07. The minimum atomic E-state index is -0.685. The Hall–Kier alpha value is -0.860. The van der Waals surface area contributed by atoms with Gasteiger partial charge in [-0.1, -0.05) is 37.1 Å². The van der Waals surface area contributed by atoms with Gasteiger partial charge in [0.05, 0.1) is 6.10 Å². The Bertz CT molecular complexity index is 388. The molecule has 0 spiro atoms. The molecular formula is C14H18O2. The highest BCUT2D eigenvalue weighted by Crippen LogP contribution is 2.48. The summed E-state index contributed by atoms with van der Waals surface area (Å²) in [4.78, 5) is 0. The number of aliphatic hydroxyl groups is 2. The average Bonchev–Trinajstić information content (AvgIpc) is 2.36. The molecule has 0 aromatic heterocycles. The van der Waals surface area contributed by atoms with Gasteiger partial charge in [0.1, 0.15) is 6.10 Å². The van der Waals surface area contributed by atoms with Crippen LogP contribution in [0.15, 0.2) is 24.3 Å². The highest BCUT2D eigenvalue weighted by atomic mass is 16.3. The zero-order valence-electron chi connectivity index (χ0n) is 9.34. The van der Waals surface area contributed by atoms with E-state index in [-0.39, 0.29) is 5.92 Å². The molecule has 2 heteroatoms. The second-order valence-electron chi connectivity index (χ2n) is 5.12. The third-order valence-electron chi connectivity index (χ3n) is 4.30. The summed E-state index contributed by atoms with van der Waals surface area (Å²) in [5.74, 6) is 0.724. The van der Waals surface area contributed by atoms with Crippen LogP contribution >= 0.6 is 0 Å². The third kappa shape index (κ3) is 1.40. The lowest BCUT2D eigenvalue weighted by Crippen LogP contribution is -2.39. The van der Waals surface area contributed by atoms with E-state index < -0.39 is 12.2 Å². The number of hydrogen-bond acceptors (Lipinski definition) is 2. The topological polar surface area (TPSA) is 40.5 Å². The first-order valence-corrected chi connectivity index (χ1v) is 6.24. The van der Waals surface area contributed by atoms with Gasteiger partial charge in [-0.2, -0.15) is 0 Å². The van der Waals surface area contributed by atoms with Crippen LogP contribution in [0.4, 0.5) is 0 Å². The summed E-state index contributed by atoms with van der Waals surface area (Å²) in [6.07, 6.45) is 3.39. The normalized spacial score (nSPS) is 37.6. The van der Waals surface area contributed by atoms with Crippen molar-refractivity contribution in [3.8, 4) is 0 Å². The number of aliphatic hydroxyl groups excluding tert-OH is 2. The lowest BCUT2D eigenvalue weighted by molar-refractivity contribution is -0.0465. The number of hydrogen-bond donors (Lipinski definition) is 2. The van der Waals surface area contributed by atoms with Crippen LogP contribution in [0.25, 0.3) is 0 Å². The fourth-order valence-electron chi connectivity index (χ4n) is 3.49. The van der Waals surface area contributed by atoms with Gasteiger partial charge >= 0.3 is 0 Å². The van der Waals surface area contributed by atoms with E-state index in [9.17, 15) is 10.2 Å². The molecule has 0 heterocycles. The van der Waals surface area contributed by atoms with Crippen molar-refractivity contribution in [2.24, 2.45) is 5.92 Å². The van der Waals surface area contributed by atoms with E-state index in [1.807, 2.05) is 18.2 Å². The van der Waals surface area contributed by atoms with Gasteiger partial charge in [0, 0.05) is 0 Å². The molecule has 0 saturated heterocycles. The maximum absolute atomic E-state index is 10.2. The Labute approximate surface area is 95.9 Å². The molecular weight excluding hydrogens is 200 g/mol. The smallest absolute Gasteiger partial charge is 0.105 e. The van der Waals surface area contributed by atoms with Crippen LogP contribution in [-0.4, -0.2) is 16.3 Å². The van der Waals surface area contributed by atoms with E-state index >= 15 is 0 Å². The first-order chi connectivity index (χ1) is 7.79. The van der Waals surface area contributed by atoms with Gasteiger partial charge in [-0.25, -0.2) is 0 Å². The van der Waals surface area contributed by atoms with Crippen LogP contribution in [0.1, 0.15) is 48.8 Å². The first-order valence-electron chi connectivity index (χ1n) is 6.24. The van der Waals surface area contributed by atoms with Crippen LogP contribution in [0.2, 0.25) is 0 Å². The van der Waals surface area contributed by atoms with Gasteiger partial charge in [-0.15, -0.1) is 0 Å². The molecule has 4 atom stereocenters. The monoisotopic (exact) mass is 218 g/mol. The van der Waals surface area contributed by atoms with Crippen LogP contribution in [0.5, 0.6) is 0 Å². The molecule has 86 valence electrons. The minimum absolute atomic E-state index is 0.263. The Morgan fingerprint density at radius 2 is 1.62 bits per heavy atom. The number of fused-ring (bicyclic) bond motifs is 3. The third-order valence-corrected chi connectivity index (χ3v) is 4.30. The molecule has 1 saturated carbocycles. The zero-order chi connectivity index (χ0) is 11.1. The molecule has 2 aliphatic rings. The standard InChI is InChI=1S/C14H18O2/c15-13-11-7-3-1-5-9(11)10-6-2-4-8-12(10)14(13)16/h1,3,5,7,10,12-16H,2,4,6,8H2. The van der Waals surface area contributed by atoms with Gasteiger partial charge in [0.15, 0.2) is 0 Å². The van der Waals surface area contributed by atoms with Crippen molar-refractivity contribution in [3.63, 3.8) is 0 Å². The van der Waals surface area contributed by atoms with Crippen molar-refractivity contribution in [1.29, 1.82) is 0 Å². The lowest BCUT2D eigenvalue weighted by Gasteiger charge is -2.42. The van der Waals surface area contributed by atoms with Gasteiger partial charge in [-0.3, -0.25) is 0 Å². The van der Waals surface area contributed by atoms with Crippen molar-refractivity contribution in [2.45, 2.75) is 43.8 Å². The number of rotatable bonds is 0. The van der Waals surface area contributed by atoms with Crippen molar-refractivity contribution in [2.75, 3.05) is 0 Å². The second-order valence-corrected chi connectivity index (χ2v) is 5.12. The molecule has 1 aromatic rings. The van der Waals surface area contributed by atoms with Crippen molar-refractivity contribution in [1.82, 2.24) is 0 Å². The van der Waals surface area contributed by atoms with Crippen LogP contribution in [-0.2, 0) is 0 Å². The van der Waals surface area contributed by atoms with Crippen molar-refractivity contribution < 1.29 is 10.2 Å². The molecule has 0 bridgehead atoms. The average molecular weight is 218 g/mol. The largest absolute Gasteiger partial charge is 0.390 e. The van der Waals surface area contributed by atoms with Gasteiger partial charge < -0.3 is 10.2 Å². The molecule has 1 fully saturated rings. The molecule has 2 N–H and O–H groups in total. The molecule has 16 heavy (non-hydrogen) atoms. The molecule has 2 aliphatic carbocycles. The maximum atomic E-state index is 10.2. The van der Waals surface area contributed by atoms with Crippen molar-refractivity contribution >= 4 is 0 Å². The van der Waals surface area contributed by atoms with E-state index in [2.05, 4.69) is 6.07 Å². The fourth-order valence-corrected chi connectivity index (χ4v) is 3.49. The summed E-state index contributed by atoms with van der Waals surface area (Å²) >= 11 is 0. The van der Waals surface area contributed by atoms with Gasteiger partial charge in [-0.05, 0) is 35.8 Å². The van der Waals surface area contributed by atoms with Crippen LogP contribution < -0.4 is 0 Å². The second kappa shape index (κ2) is 3.86. The van der Waals surface area contributed by atoms with E-state index in [1.165, 1.54) is 18.4 Å². The van der Waals surface area contributed by atoms with Gasteiger partial charge in [0.2, 0.25) is 0 Å². The SMILES string of the molecule is OC1c2ccccc2C2CCCCC2C1O. The highest BCUT2D eigenvalue weighted by molar-refractivity contribution is 5.36. The Kier molecular flexibility index (Phi) is 2.49. The quantitative estimate of drug-likeness (QED) is 0.702. The molecule has 2 nitrogen and oxygen atoms in total. The predicted octanol–water partition coefficient (Wildman–Crippen LogP) is 2.37. The zero-order valence-corrected chi connectivity index (χ0v) is 9.34.